The van der Waals surface area contributed by atoms with Crippen LogP contribution in [0.1, 0.15) is 37.6 Å². The monoisotopic (exact) mass is 328 g/mol. The van der Waals surface area contributed by atoms with Crippen LogP contribution in [0.2, 0.25) is 0 Å². The van der Waals surface area contributed by atoms with Gasteiger partial charge in [0.1, 0.15) is 0 Å². The average molecular weight is 329 g/mol. The molecule has 0 atom stereocenters. The Kier molecular flexibility index (Phi) is 4.94. The summed E-state index contributed by atoms with van der Waals surface area (Å²) in [5, 5.41) is 14.4. The summed E-state index contributed by atoms with van der Waals surface area (Å²) in [5.41, 5.74) is -0.0624. The molecule has 19 heavy (non-hydrogen) atoms. The Morgan fingerprint density at radius 1 is 1.37 bits per heavy atom. The number of urea groups is 1. The number of anilines is 1. The highest BCUT2D eigenvalue weighted by Gasteiger charge is 2.20. The summed E-state index contributed by atoms with van der Waals surface area (Å²) in [5.74, 6) is -1.09. The van der Waals surface area contributed by atoms with Crippen LogP contribution in [0, 0.1) is 0 Å². The van der Waals surface area contributed by atoms with Gasteiger partial charge in [0.15, 0.2) is 0 Å². The Morgan fingerprint density at radius 2 is 2.00 bits per heavy atom. The summed E-state index contributed by atoms with van der Waals surface area (Å²) in [7, 11) is 0. The summed E-state index contributed by atoms with van der Waals surface area (Å²) >= 11 is 3.23. The van der Waals surface area contributed by atoms with Crippen molar-refractivity contribution in [1.82, 2.24) is 5.32 Å². The molecule has 6 heteroatoms. The van der Waals surface area contributed by atoms with Crippen LogP contribution < -0.4 is 10.6 Å². The maximum Gasteiger partial charge on any atom is 0.337 e. The second-order valence-electron chi connectivity index (χ2n) is 4.78. The molecule has 0 fully saturated rings. The fourth-order valence-corrected chi connectivity index (χ4v) is 1.84. The molecule has 0 unspecified atom stereocenters. The van der Waals surface area contributed by atoms with Gasteiger partial charge in [0, 0.05) is 10.0 Å². The first-order valence-electron chi connectivity index (χ1n) is 5.88. The molecule has 104 valence electrons. The highest BCUT2D eigenvalue weighted by atomic mass is 79.9. The lowest BCUT2D eigenvalue weighted by Gasteiger charge is -2.25. The van der Waals surface area contributed by atoms with Crippen LogP contribution >= 0.6 is 15.9 Å². The number of halogens is 1. The van der Waals surface area contributed by atoms with E-state index in [1.165, 1.54) is 6.07 Å². The van der Waals surface area contributed by atoms with Crippen molar-refractivity contribution in [2.45, 2.75) is 32.7 Å². The number of nitrogens with one attached hydrogen (secondary N) is 2. The van der Waals surface area contributed by atoms with E-state index in [2.05, 4.69) is 26.6 Å². The van der Waals surface area contributed by atoms with Crippen molar-refractivity contribution in [1.29, 1.82) is 0 Å². The normalized spacial score (nSPS) is 10.9. The van der Waals surface area contributed by atoms with Crippen molar-refractivity contribution in [2.24, 2.45) is 0 Å². The predicted molar refractivity (Wildman–Crippen MR) is 77.6 cm³/mol. The van der Waals surface area contributed by atoms with Gasteiger partial charge in [0.25, 0.3) is 0 Å². The number of carbonyl (C=O) groups excluding carboxylic acids is 1. The number of para-hydroxylation sites is 1. The number of carboxylic acid groups (broad SMARTS) is 1. The van der Waals surface area contributed by atoms with Gasteiger partial charge >= 0.3 is 12.0 Å². The summed E-state index contributed by atoms with van der Waals surface area (Å²) < 4.78 is 0.525. The van der Waals surface area contributed by atoms with Crippen molar-refractivity contribution in [3.05, 3.63) is 28.2 Å². The minimum absolute atomic E-state index is 0.0406. The van der Waals surface area contributed by atoms with E-state index in [1.54, 1.807) is 12.1 Å². The first-order chi connectivity index (χ1) is 8.76. The third-order valence-electron chi connectivity index (χ3n) is 2.82. The number of carboxylic acids is 1. The first kappa shape index (κ1) is 15.5. The highest BCUT2D eigenvalue weighted by Crippen LogP contribution is 2.26. The molecule has 1 aromatic carbocycles. The number of amides is 2. The lowest BCUT2D eigenvalue weighted by Crippen LogP contribution is -2.45. The summed E-state index contributed by atoms with van der Waals surface area (Å²) in [6, 6.07) is 4.29. The van der Waals surface area contributed by atoms with Crippen molar-refractivity contribution in [3.8, 4) is 0 Å². The molecule has 1 rings (SSSR count). The Morgan fingerprint density at radius 3 is 2.53 bits per heavy atom. The zero-order chi connectivity index (χ0) is 14.6. The summed E-state index contributed by atoms with van der Waals surface area (Å²) in [6.45, 7) is 5.75. The topological polar surface area (TPSA) is 78.4 Å². The standard InChI is InChI=1S/C13H17BrN2O3/c1-4-13(2,3)16-12(19)15-10-8(11(17)18)6-5-7-9(10)14/h5-7H,4H2,1-3H3,(H,17,18)(H2,15,16,19). The zero-order valence-electron chi connectivity index (χ0n) is 11.1. The molecular formula is C13H17BrN2O3. The van der Waals surface area contributed by atoms with Crippen LogP contribution in [-0.2, 0) is 0 Å². The largest absolute Gasteiger partial charge is 0.478 e. The van der Waals surface area contributed by atoms with Crippen LogP contribution in [0.5, 0.6) is 0 Å². The van der Waals surface area contributed by atoms with Gasteiger partial charge in [-0.1, -0.05) is 13.0 Å². The Labute approximate surface area is 120 Å². The van der Waals surface area contributed by atoms with E-state index in [9.17, 15) is 9.59 Å². The lowest BCUT2D eigenvalue weighted by molar-refractivity contribution is 0.0698. The van der Waals surface area contributed by atoms with Gasteiger partial charge in [-0.05, 0) is 48.3 Å². The average Bonchev–Trinajstić information content (AvgIpc) is 2.30. The smallest absolute Gasteiger partial charge is 0.337 e. The second-order valence-corrected chi connectivity index (χ2v) is 5.64. The third kappa shape index (κ3) is 4.24. The van der Waals surface area contributed by atoms with Gasteiger partial charge < -0.3 is 15.7 Å². The van der Waals surface area contributed by atoms with E-state index in [1.807, 2.05) is 20.8 Å². The number of hydrogen-bond donors (Lipinski definition) is 3. The number of carbonyl (C=O) groups is 2. The number of hydrogen-bond acceptors (Lipinski definition) is 2. The van der Waals surface area contributed by atoms with Crippen molar-refractivity contribution in [3.63, 3.8) is 0 Å². The van der Waals surface area contributed by atoms with E-state index >= 15 is 0 Å². The molecule has 2 amide bonds. The molecule has 0 radical (unpaired) electrons. The van der Waals surface area contributed by atoms with Crippen LogP contribution in [-0.4, -0.2) is 22.6 Å². The quantitative estimate of drug-likeness (QED) is 0.791. The second kappa shape index (κ2) is 6.06. The maximum atomic E-state index is 11.9. The summed E-state index contributed by atoms with van der Waals surface area (Å²) in [4.78, 5) is 23.0. The van der Waals surface area contributed by atoms with Crippen LogP contribution in [0.3, 0.4) is 0 Å². The molecule has 0 aliphatic carbocycles. The predicted octanol–water partition coefficient (Wildman–Crippen LogP) is 3.46. The van der Waals surface area contributed by atoms with E-state index in [0.717, 1.165) is 6.42 Å². The molecule has 0 heterocycles. The van der Waals surface area contributed by atoms with E-state index in [4.69, 9.17) is 5.11 Å². The van der Waals surface area contributed by atoms with E-state index in [-0.39, 0.29) is 16.8 Å². The molecular weight excluding hydrogens is 312 g/mol. The third-order valence-corrected chi connectivity index (χ3v) is 3.48. The fourth-order valence-electron chi connectivity index (χ4n) is 1.37. The highest BCUT2D eigenvalue weighted by molar-refractivity contribution is 9.10. The zero-order valence-corrected chi connectivity index (χ0v) is 12.7. The van der Waals surface area contributed by atoms with Crippen LogP contribution in [0.25, 0.3) is 0 Å². The van der Waals surface area contributed by atoms with E-state index in [0.29, 0.717) is 4.47 Å². The molecule has 5 nitrogen and oxygen atoms in total. The molecule has 0 bridgehead atoms. The van der Waals surface area contributed by atoms with E-state index < -0.39 is 12.0 Å². The van der Waals surface area contributed by atoms with Crippen LogP contribution in [0.15, 0.2) is 22.7 Å². The number of aromatic carboxylic acids is 1. The van der Waals surface area contributed by atoms with Gasteiger partial charge in [0.2, 0.25) is 0 Å². The Balaban J connectivity index is 2.94. The number of benzene rings is 1. The molecule has 3 N–H and O–H groups in total. The van der Waals surface area contributed by atoms with Gasteiger partial charge in [-0.2, -0.15) is 0 Å². The summed E-state index contributed by atoms with van der Waals surface area (Å²) in [6.07, 6.45) is 0.766. The molecule has 0 spiro atoms. The van der Waals surface area contributed by atoms with Crippen molar-refractivity contribution >= 4 is 33.6 Å². The minimum Gasteiger partial charge on any atom is -0.478 e. The van der Waals surface area contributed by atoms with Crippen molar-refractivity contribution in [2.75, 3.05) is 5.32 Å². The van der Waals surface area contributed by atoms with Gasteiger partial charge in [-0.15, -0.1) is 0 Å². The van der Waals surface area contributed by atoms with Gasteiger partial charge in [0.05, 0.1) is 11.3 Å². The number of rotatable bonds is 4. The van der Waals surface area contributed by atoms with Gasteiger partial charge in [-0.3, -0.25) is 0 Å². The molecule has 0 saturated carbocycles. The maximum absolute atomic E-state index is 11.9. The van der Waals surface area contributed by atoms with Crippen molar-refractivity contribution < 1.29 is 14.7 Å². The van der Waals surface area contributed by atoms with Crippen LogP contribution in [0.4, 0.5) is 10.5 Å². The minimum atomic E-state index is -1.09. The fraction of sp³-hybridized carbons (Fsp3) is 0.385. The Hall–Kier alpha value is -1.56. The first-order valence-corrected chi connectivity index (χ1v) is 6.67. The Bertz CT molecular complexity index is 501. The van der Waals surface area contributed by atoms with Gasteiger partial charge in [-0.25, -0.2) is 9.59 Å². The molecule has 1 aromatic rings. The SMILES string of the molecule is CCC(C)(C)NC(=O)Nc1c(Br)cccc1C(=O)O. The molecule has 0 aliphatic heterocycles. The molecule has 0 aromatic heterocycles. The molecule has 0 saturated heterocycles. The lowest BCUT2D eigenvalue weighted by atomic mass is 10.0. The molecule has 0 aliphatic rings.